The normalized spacial score (nSPS) is 12.3. The zero-order valence-corrected chi connectivity index (χ0v) is 10.5. The fourth-order valence-electron chi connectivity index (χ4n) is 1.29. The molecule has 0 aromatic heterocycles. The molecule has 0 bridgehead atoms. The van der Waals surface area contributed by atoms with Crippen molar-refractivity contribution in [1.29, 1.82) is 0 Å². The first-order chi connectivity index (χ1) is 7.26. The smallest absolute Gasteiger partial charge is 0.133 e. The van der Waals surface area contributed by atoms with Gasteiger partial charge in [0.05, 0.1) is 13.7 Å². The number of hydrogen-bond acceptors (Lipinski definition) is 3. The van der Waals surface area contributed by atoms with Crippen LogP contribution in [-0.2, 0) is 14.2 Å². The molecular weight excluding hydrogens is 192 g/mol. The van der Waals surface area contributed by atoms with Crippen molar-refractivity contribution in [3.8, 4) is 0 Å². The van der Waals surface area contributed by atoms with Crippen LogP contribution in [-0.4, -0.2) is 27.4 Å². The second-order valence-corrected chi connectivity index (χ2v) is 3.44. The molecule has 0 radical (unpaired) electrons. The van der Waals surface area contributed by atoms with Crippen molar-refractivity contribution in [3.05, 3.63) is 11.5 Å². The Hall–Kier alpha value is -0.700. The van der Waals surface area contributed by atoms with Crippen LogP contribution >= 0.6 is 0 Å². The minimum atomic E-state index is 0.771. The predicted molar refractivity (Wildman–Crippen MR) is 61.7 cm³/mol. The minimum absolute atomic E-state index is 0.771. The summed E-state index contributed by atoms with van der Waals surface area (Å²) in [5, 5.41) is 0. The number of unbranched alkanes of at least 4 members (excludes halogenated alkanes) is 2. The Kier molecular flexibility index (Phi) is 9.38. The molecule has 0 unspecified atom stereocenters. The second-order valence-electron chi connectivity index (χ2n) is 3.44. The van der Waals surface area contributed by atoms with Crippen molar-refractivity contribution in [2.45, 2.75) is 39.5 Å². The zero-order valence-electron chi connectivity index (χ0n) is 10.5. The van der Waals surface area contributed by atoms with Gasteiger partial charge in [-0.2, -0.15) is 0 Å². The molecule has 3 heteroatoms. The highest BCUT2D eigenvalue weighted by molar-refractivity contribution is 4.97. The molecule has 0 aliphatic carbocycles. The van der Waals surface area contributed by atoms with Crippen molar-refractivity contribution in [1.82, 2.24) is 0 Å². The van der Waals surface area contributed by atoms with E-state index in [1.54, 1.807) is 14.2 Å². The van der Waals surface area contributed by atoms with Crippen molar-refractivity contribution in [3.63, 3.8) is 0 Å². The summed E-state index contributed by atoms with van der Waals surface area (Å²) in [6.07, 6.45) is 4.22. The van der Waals surface area contributed by atoms with E-state index in [-0.39, 0.29) is 0 Å². The Bertz CT molecular complexity index is 176. The molecule has 0 aliphatic rings. The Morgan fingerprint density at radius 1 is 1.00 bits per heavy atom. The van der Waals surface area contributed by atoms with Gasteiger partial charge in [0.1, 0.15) is 11.5 Å². The molecule has 0 aromatic carbocycles. The van der Waals surface area contributed by atoms with Gasteiger partial charge in [-0.15, -0.1) is 0 Å². The third kappa shape index (κ3) is 7.25. The van der Waals surface area contributed by atoms with Crippen LogP contribution in [0.4, 0.5) is 0 Å². The fourth-order valence-corrected chi connectivity index (χ4v) is 1.29. The van der Waals surface area contributed by atoms with Gasteiger partial charge < -0.3 is 14.2 Å². The molecule has 3 nitrogen and oxygen atoms in total. The first kappa shape index (κ1) is 14.3. The molecule has 0 aliphatic heterocycles. The second kappa shape index (κ2) is 9.84. The highest BCUT2D eigenvalue weighted by atomic mass is 16.5. The lowest BCUT2D eigenvalue weighted by Gasteiger charge is -2.11. The maximum atomic E-state index is 5.64. The summed E-state index contributed by atoms with van der Waals surface area (Å²) in [4.78, 5) is 0. The molecule has 0 fully saturated rings. The van der Waals surface area contributed by atoms with Gasteiger partial charge in [-0.25, -0.2) is 0 Å². The highest BCUT2D eigenvalue weighted by Crippen LogP contribution is 2.11. The molecule has 0 saturated carbocycles. The number of rotatable bonds is 9. The average molecular weight is 216 g/mol. The first-order valence-corrected chi connectivity index (χ1v) is 5.61. The maximum absolute atomic E-state index is 5.64. The summed E-state index contributed by atoms with van der Waals surface area (Å²) in [6.45, 7) is 5.62. The summed E-state index contributed by atoms with van der Waals surface area (Å²) in [6, 6.07) is 0. The van der Waals surface area contributed by atoms with Gasteiger partial charge in [-0.05, 0) is 26.2 Å². The molecule has 0 spiro atoms. The molecule has 90 valence electrons. The van der Waals surface area contributed by atoms with Crippen LogP contribution in [0.1, 0.15) is 39.5 Å². The topological polar surface area (TPSA) is 27.7 Å². The lowest BCUT2D eigenvalue weighted by atomic mass is 10.2. The summed E-state index contributed by atoms with van der Waals surface area (Å²) in [5.74, 6) is 1.85. The van der Waals surface area contributed by atoms with Gasteiger partial charge in [0.25, 0.3) is 0 Å². The van der Waals surface area contributed by atoms with Crippen molar-refractivity contribution in [2.24, 2.45) is 0 Å². The van der Waals surface area contributed by atoms with Crippen LogP contribution < -0.4 is 0 Å². The number of hydrogen-bond donors (Lipinski definition) is 0. The fraction of sp³-hybridized carbons (Fsp3) is 0.833. The summed E-state index contributed by atoms with van der Waals surface area (Å²) >= 11 is 0. The molecule has 0 saturated heterocycles. The summed E-state index contributed by atoms with van der Waals surface area (Å²) in [7, 11) is 3.41. The van der Waals surface area contributed by atoms with Crippen LogP contribution in [0.3, 0.4) is 0 Å². The Balaban J connectivity index is 3.56. The molecule has 0 aromatic rings. The number of ether oxygens (including phenoxy) is 3. The molecule has 0 atom stereocenters. The van der Waals surface area contributed by atoms with E-state index in [1.165, 1.54) is 0 Å². The third-order valence-electron chi connectivity index (χ3n) is 2.29. The van der Waals surface area contributed by atoms with Gasteiger partial charge >= 0.3 is 0 Å². The quantitative estimate of drug-likeness (QED) is 0.438. The molecule has 0 rings (SSSR count). The van der Waals surface area contributed by atoms with E-state index in [9.17, 15) is 0 Å². The standard InChI is InChI=1S/C12H24O3/c1-5-12(11(2)14-4)15-10-8-6-7-9-13-3/h5-10H2,1-4H3/b12-11-. The minimum Gasteiger partial charge on any atom is -0.498 e. The predicted octanol–water partition coefficient (Wildman–Crippen LogP) is 3.11. The Labute approximate surface area is 93.4 Å². The largest absolute Gasteiger partial charge is 0.498 e. The average Bonchev–Trinajstić information content (AvgIpc) is 2.27. The Morgan fingerprint density at radius 3 is 2.20 bits per heavy atom. The van der Waals surface area contributed by atoms with Crippen LogP contribution in [0.25, 0.3) is 0 Å². The van der Waals surface area contributed by atoms with Crippen molar-refractivity contribution in [2.75, 3.05) is 27.4 Å². The molecule has 0 N–H and O–H groups in total. The monoisotopic (exact) mass is 216 g/mol. The SMILES string of the molecule is CC/C(OCCCCCOC)=C(\C)OC. The van der Waals surface area contributed by atoms with E-state index in [4.69, 9.17) is 14.2 Å². The molecule has 0 heterocycles. The molecule has 15 heavy (non-hydrogen) atoms. The number of allylic oxidation sites excluding steroid dienone is 2. The van der Waals surface area contributed by atoms with Gasteiger partial charge in [0.2, 0.25) is 0 Å². The van der Waals surface area contributed by atoms with E-state index >= 15 is 0 Å². The van der Waals surface area contributed by atoms with Crippen LogP contribution in [0, 0.1) is 0 Å². The molecular formula is C12H24O3. The lowest BCUT2D eigenvalue weighted by molar-refractivity contribution is 0.158. The van der Waals surface area contributed by atoms with Crippen molar-refractivity contribution < 1.29 is 14.2 Å². The summed E-state index contributed by atoms with van der Waals surface area (Å²) < 4.78 is 15.7. The van der Waals surface area contributed by atoms with Crippen LogP contribution in [0.5, 0.6) is 0 Å². The van der Waals surface area contributed by atoms with Gasteiger partial charge in [0, 0.05) is 20.1 Å². The zero-order chi connectivity index (χ0) is 11.5. The van der Waals surface area contributed by atoms with Gasteiger partial charge in [-0.1, -0.05) is 6.92 Å². The van der Waals surface area contributed by atoms with E-state index in [0.29, 0.717) is 0 Å². The van der Waals surface area contributed by atoms with E-state index < -0.39 is 0 Å². The summed E-state index contributed by atoms with van der Waals surface area (Å²) in [5.41, 5.74) is 0. The van der Waals surface area contributed by atoms with Crippen molar-refractivity contribution >= 4 is 0 Å². The third-order valence-corrected chi connectivity index (χ3v) is 2.29. The lowest BCUT2D eigenvalue weighted by Crippen LogP contribution is -1.99. The van der Waals surface area contributed by atoms with E-state index in [0.717, 1.165) is 50.4 Å². The van der Waals surface area contributed by atoms with Crippen LogP contribution in [0.15, 0.2) is 11.5 Å². The highest BCUT2D eigenvalue weighted by Gasteiger charge is 2.01. The van der Waals surface area contributed by atoms with E-state index in [2.05, 4.69) is 6.92 Å². The molecule has 0 amide bonds. The van der Waals surface area contributed by atoms with Crippen LogP contribution in [0.2, 0.25) is 0 Å². The Morgan fingerprint density at radius 2 is 1.67 bits per heavy atom. The maximum Gasteiger partial charge on any atom is 0.133 e. The van der Waals surface area contributed by atoms with Gasteiger partial charge in [0.15, 0.2) is 0 Å². The first-order valence-electron chi connectivity index (χ1n) is 5.61. The van der Waals surface area contributed by atoms with E-state index in [1.807, 2.05) is 6.92 Å². The van der Waals surface area contributed by atoms with Gasteiger partial charge in [-0.3, -0.25) is 0 Å². The number of methoxy groups -OCH3 is 2.